The van der Waals surface area contributed by atoms with E-state index >= 15 is 0 Å². The van der Waals surface area contributed by atoms with Crippen molar-refractivity contribution in [1.29, 1.82) is 0 Å². The lowest BCUT2D eigenvalue weighted by Crippen LogP contribution is -2.44. The molecule has 0 amide bonds. The molecule has 2 unspecified atom stereocenters. The molecule has 0 aliphatic heterocycles. The van der Waals surface area contributed by atoms with E-state index in [1.807, 2.05) is 21.1 Å². The molecule has 0 fully saturated rings. The van der Waals surface area contributed by atoms with Crippen LogP contribution in [0.25, 0.3) is 0 Å². The molecule has 69 heavy (non-hydrogen) atoms. The first-order valence-electron chi connectivity index (χ1n) is 27.0. The highest BCUT2D eigenvalue weighted by atomic mass is 16.7. The average molecular weight is 962 g/mol. The van der Waals surface area contributed by atoms with Gasteiger partial charge in [-0.3, -0.25) is 9.59 Å². The summed E-state index contributed by atoms with van der Waals surface area (Å²) in [5.74, 6) is -2.34. The Morgan fingerprint density at radius 3 is 1.17 bits per heavy atom. The lowest BCUT2D eigenvalue weighted by Gasteiger charge is -2.26. The van der Waals surface area contributed by atoms with Crippen molar-refractivity contribution in [2.75, 3.05) is 47.5 Å². The van der Waals surface area contributed by atoms with E-state index < -0.39 is 30.3 Å². The molecule has 0 radical (unpaired) electrons. The number of carboxylic acids is 1. The number of carbonyl (C=O) groups excluding carboxylic acids is 3. The number of esters is 2. The first kappa shape index (κ1) is 65.0. The molecule has 0 aliphatic carbocycles. The van der Waals surface area contributed by atoms with Gasteiger partial charge < -0.3 is 33.3 Å². The first-order valence-corrected chi connectivity index (χ1v) is 27.0. The van der Waals surface area contributed by atoms with Gasteiger partial charge in [-0.05, 0) is 96.3 Å². The standard InChI is InChI=1S/C60H99NO8/c1-6-8-10-12-14-16-18-20-21-22-23-24-25-26-27-28-29-30-31-32-33-34-35-36-37-39-41-43-45-47-49-51-58(63)69-56(55-68-60(59(64)65)66-53-52-61(3,4)5)54-67-57(62)50-48-46-44-42-40-38-19-17-15-13-11-9-7-2/h8-11,14-17,20-21,23-24,26-27,29-30,38,40,56,60H,6-7,12-13,18-19,22,25,28,31-37,39,41-55H2,1-5H3/b10-8-,11-9-,16-14-,17-15-,21-20-,24-23-,27-26-,30-29-,40-38-. The zero-order valence-electron chi connectivity index (χ0n) is 44.4. The zero-order valence-corrected chi connectivity index (χ0v) is 44.4. The maximum atomic E-state index is 12.8. The van der Waals surface area contributed by atoms with Gasteiger partial charge in [0.25, 0.3) is 0 Å². The van der Waals surface area contributed by atoms with Crippen LogP contribution in [-0.4, -0.2) is 82.3 Å². The first-order chi connectivity index (χ1) is 33.6. The van der Waals surface area contributed by atoms with Crippen LogP contribution in [0, 0.1) is 0 Å². The van der Waals surface area contributed by atoms with Crippen molar-refractivity contribution in [3.63, 3.8) is 0 Å². The molecule has 2 atom stereocenters. The van der Waals surface area contributed by atoms with Crippen molar-refractivity contribution in [3.8, 4) is 0 Å². The van der Waals surface area contributed by atoms with Crippen molar-refractivity contribution in [2.45, 2.75) is 206 Å². The minimum atomic E-state index is -1.63. The Labute approximate surface area is 422 Å². The molecule has 0 spiro atoms. The lowest BCUT2D eigenvalue weighted by atomic mass is 10.0. The van der Waals surface area contributed by atoms with Crippen LogP contribution in [-0.2, 0) is 33.3 Å². The number of aliphatic carboxylic acids is 1. The second-order valence-electron chi connectivity index (χ2n) is 18.8. The van der Waals surface area contributed by atoms with Crippen molar-refractivity contribution in [3.05, 3.63) is 109 Å². The third-order valence-corrected chi connectivity index (χ3v) is 11.0. The second kappa shape index (κ2) is 50.3. The van der Waals surface area contributed by atoms with Gasteiger partial charge in [-0.25, -0.2) is 0 Å². The van der Waals surface area contributed by atoms with Crippen LogP contribution in [0.5, 0.6) is 0 Å². The number of hydrogen-bond acceptors (Lipinski definition) is 8. The third kappa shape index (κ3) is 51.6. The number of likely N-dealkylation sites (N-methyl/N-ethyl adjacent to an activating group) is 1. The van der Waals surface area contributed by atoms with E-state index in [9.17, 15) is 19.5 Å². The van der Waals surface area contributed by atoms with Gasteiger partial charge in [-0.2, -0.15) is 0 Å². The number of carbonyl (C=O) groups is 3. The largest absolute Gasteiger partial charge is 0.545 e. The summed E-state index contributed by atoms with van der Waals surface area (Å²) < 4.78 is 22.6. The molecule has 9 heteroatoms. The Morgan fingerprint density at radius 2 is 0.783 bits per heavy atom. The molecule has 0 aromatic carbocycles. The SMILES string of the molecule is CC/C=C\C/C=C\C/C=C\C/C=C\C/C=C\C/C=C\CCCCCCCCCCCCCCC(=O)OC(COC(=O)CCCCC/C=C\C/C=C\C/C=C\CC)COC(OCC[N+](C)(C)C)C(=O)[O-]. The van der Waals surface area contributed by atoms with E-state index in [0.29, 0.717) is 23.9 Å². The van der Waals surface area contributed by atoms with Crippen LogP contribution in [0.2, 0.25) is 0 Å². The topological polar surface area (TPSA) is 111 Å². The number of nitrogens with zero attached hydrogens (tertiary/aromatic N) is 1. The van der Waals surface area contributed by atoms with Gasteiger partial charge >= 0.3 is 11.9 Å². The summed E-state index contributed by atoms with van der Waals surface area (Å²) in [5, 5.41) is 11.7. The van der Waals surface area contributed by atoms with Crippen LogP contribution < -0.4 is 5.11 Å². The maximum absolute atomic E-state index is 12.8. The molecular weight excluding hydrogens is 863 g/mol. The van der Waals surface area contributed by atoms with Crippen molar-refractivity contribution < 1.29 is 42.9 Å². The zero-order chi connectivity index (χ0) is 50.6. The smallest absolute Gasteiger partial charge is 0.306 e. The number of rotatable bonds is 48. The number of ether oxygens (including phenoxy) is 4. The Morgan fingerprint density at radius 1 is 0.435 bits per heavy atom. The predicted molar refractivity (Wildman–Crippen MR) is 287 cm³/mol. The quantitative estimate of drug-likeness (QED) is 0.0195. The van der Waals surface area contributed by atoms with Gasteiger partial charge in [0.05, 0.1) is 40.3 Å². The molecule has 0 N–H and O–H groups in total. The average Bonchev–Trinajstić information content (AvgIpc) is 3.31. The second-order valence-corrected chi connectivity index (χ2v) is 18.8. The molecule has 0 rings (SSSR count). The highest BCUT2D eigenvalue weighted by molar-refractivity contribution is 5.70. The molecule has 0 aliphatic rings. The lowest BCUT2D eigenvalue weighted by molar-refractivity contribution is -0.870. The minimum absolute atomic E-state index is 0.137. The summed E-state index contributed by atoms with van der Waals surface area (Å²) in [4.78, 5) is 37.1. The third-order valence-electron chi connectivity index (χ3n) is 11.0. The maximum Gasteiger partial charge on any atom is 0.306 e. The van der Waals surface area contributed by atoms with Gasteiger partial charge in [0.15, 0.2) is 12.4 Å². The van der Waals surface area contributed by atoms with E-state index in [1.165, 1.54) is 57.8 Å². The van der Waals surface area contributed by atoms with Crippen LogP contribution in [0.4, 0.5) is 0 Å². The molecule has 0 saturated carbocycles. The fourth-order valence-electron chi connectivity index (χ4n) is 6.91. The van der Waals surface area contributed by atoms with Crippen LogP contribution in [0.1, 0.15) is 194 Å². The molecule has 0 saturated heterocycles. The van der Waals surface area contributed by atoms with Crippen molar-refractivity contribution in [2.24, 2.45) is 0 Å². The van der Waals surface area contributed by atoms with Gasteiger partial charge in [-0.1, -0.05) is 194 Å². The number of quaternary nitrogens is 1. The van der Waals surface area contributed by atoms with Gasteiger partial charge in [0, 0.05) is 12.8 Å². The summed E-state index contributed by atoms with van der Waals surface area (Å²) in [6.45, 7) is 4.46. The molecular formula is C60H99NO8. The summed E-state index contributed by atoms with van der Waals surface area (Å²) in [7, 11) is 5.90. The Balaban J connectivity index is 4.23. The van der Waals surface area contributed by atoms with Gasteiger partial charge in [0.2, 0.25) is 0 Å². The summed E-state index contributed by atoms with van der Waals surface area (Å²) in [6.07, 6.45) is 65.7. The van der Waals surface area contributed by atoms with Crippen molar-refractivity contribution >= 4 is 17.9 Å². The molecule has 0 heterocycles. The summed E-state index contributed by atoms with van der Waals surface area (Å²) in [6, 6.07) is 0. The molecule has 0 aromatic heterocycles. The molecule has 0 bridgehead atoms. The Bertz CT molecular complexity index is 1490. The monoisotopic (exact) mass is 962 g/mol. The fraction of sp³-hybridized carbons (Fsp3) is 0.650. The molecule has 9 nitrogen and oxygen atoms in total. The Hall–Kier alpha value is -4.05. The van der Waals surface area contributed by atoms with E-state index in [0.717, 1.165) is 96.3 Å². The van der Waals surface area contributed by atoms with Crippen LogP contribution in [0.3, 0.4) is 0 Å². The molecule has 392 valence electrons. The fourth-order valence-corrected chi connectivity index (χ4v) is 6.91. The summed E-state index contributed by atoms with van der Waals surface area (Å²) in [5.41, 5.74) is 0. The minimum Gasteiger partial charge on any atom is -0.545 e. The number of unbranched alkanes of at least 4 members (excludes halogenated alkanes) is 15. The van der Waals surface area contributed by atoms with Crippen LogP contribution >= 0.6 is 0 Å². The van der Waals surface area contributed by atoms with E-state index in [4.69, 9.17) is 18.9 Å². The van der Waals surface area contributed by atoms with E-state index in [1.54, 1.807) is 0 Å². The number of hydrogen-bond donors (Lipinski definition) is 0. The van der Waals surface area contributed by atoms with Gasteiger partial charge in [-0.15, -0.1) is 0 Å². The van der Waals surface area contributed by atoms with Crippen LogP contribution in [0.15, 0.2) is 109 Å². The van der Waals surface area contributed by atoms with Crippen molar-refractivity contribution in [1.82, 2.24) is 0 Å². The Kier molecular flexibility index (Phi) is 47.4. The normalized spacial score (nSPS) is 13.7. The number of carboxylic acid groups (broad SMARTS) is 1. The number of allylic oxidation sites excluding steroid dienone is 18. The predicted octanol–water partition coefficient (Wildman–Crippen LogP) is 14.2. The van der Waals surface area contributed by atoms with E-state index in [2.05, 4.69) is 123 Å². The van der Waals surface area contributed by atoms with E-state index in [-0.39, 0.29) is 32.7 Å². The summed E-state index contributed by atoms with van der Waals surface area (Å²) >= 11 is 0. The molecule has 0 aromatic rings. The van der Waals surface area contributed by atoms with Gasteiger partial charge in [0.1, 0.15) is 13.2 Å². The highest BCUT2D eigenvalue weighted by Crippen LogP contribution is 2.15. The highest BCUT2D eigenvalue weighted by Gasteiger charge is 2.22.